The topological polar surface area (TPSA) is 28.7 Å². The molecule has 1 aromatic heterocycles. The van der Waals surface area contributed by atoms with Crippen LogP contribution in [-0.4, -0.2) is 4.57 Å². The average Bonchev–Trinajstić information content (AvgIpc) is 2.36. The molecule has 1 aromatic rings. The van der Waals surface area contributed by atoms with Gasteiger partial charge in [-0.05, 0) is 39.8 Å². The maximum absolute atomic E-state index is 8.91. The third-order valence-electron chi connectivity index (χ3n) is 2.27. The van der Waals surface area contributed by atoms with Crippen LogP contribution in [0, 0.1) is 30.6 Å². The third-order valence-corrected chi connectivity index (χ3v) is 2.27. The zero-order valence-electron chi connectivity index (χ0n) is 8.76. The molecule has 0 aromatic carbocycles. The molecule has 1 rings (SSSR count). The van der Waals surface area contributed by atoms with Crippen molar-refractivity contribution in [3.8, 4) is 6.07 Å². The lowest BCUT2D eigenvalue weighted by atomic mass is 9.96. The molecule has 0 aliphatic heterocycles. The molecule has 0 saturated carbocycles. The van der Waals surface area contributed by atoms with E-state index in [0.717, 1.165) is 6.54 Å². The third kappa shape index (κ3) is 2.12. The number of hydrogen-bond donors (Lipinski definition) is 0. The van der Waals surface area contributed by atoms with Crippen molar-refractivity contribution >= 4 is 0 Å². The smallest absolute Gasteiger partial charge is 0.0702 e. The van der Waals surface area contributed by atoms with Crippen LogP contribution in [0.15, 0.2) is 12.1 Å². The van der Waals surface area contributed by atoms with Crippen LogP contribution in [0.2, 0.25) is 0 Å². The first kappa shape index (κ1) is 9.85. The molecule has 0 atom stereocenters. The van der Waals surface area contributed by atoms with E-state index in [1.54, 1.807) is 0 Å². The normalized spacial score (nSPS) is 11.3. The van der Waals surface area contributed by atoms with Crippen LogP contribution >= 0.6 is 0 Å². The van der Waals surface area contributed by atoms with Gasteiger partial charge in [0.1, 0.15) is 0 Å². The van der Waals surface area contributed by atoms with Crippen molar-refractivity contribution in [2.45, 2.75) is 34.2 Å². The van der Waals surface area contributed by atoms with Crippen LogP contribution in [0.4, 0.5) is 0 Å². The molecule has 0 N–H and O–H groups in total. The highest BCUT2D eigenvalue weighted by Gasteiger charge is 2.18. The van der Waals surface area contributed by atoms with E-state index in [1.165, 1.54) is 11.4 Å². The summed E-state index contributed by atoms with van der Waals surface area (Å²) in [5.41, 5.74) is 2.16. The highest BCUT2D eigenvalue weighted by atomic mass is 15.0. The predicted octanol–water partition coefficient (Wildman–Crippen LogP) is 2.65. The molecule has 0 fully saturated rings. The number of aromatic nitrogens is 1. The van der Waals surface area contributed by atoms with Crippen molar-refractivity contribution in [2.75, 3.05) is 0 Å². The van der Waals surface area contributed by atoms with Crippen molar-refractivity contribution in [1.29, 1.82) is 5.26 Å². The Kier molecular flexibility index (Phi) is 2.47. The van der Waals surface area contributed by atoms with Crippen LogP contribution in [0.5, 0.6) is 0 Å². The summed E-state index contributed by atoms with van der Waals surface area (Å²) in [5.74, 6) is 0. The lowest BCUT2D eigenvalue weighted by molar-refractivity contribution is 0.401. The first-order valence-corrected chi connectivity index (χ1v) is 4.50. The maximum Gasteiger partial charge on any atom is 0.0702 e. The lowest BCUT2D eigenvalue weighted by Gasteiger charge is -2.19. The fourth-order valence-electron chi connectivity index (χ4n) is 1.38. The summed E-state index contributed by atoms with van der Waals surface area (Å²) in [6.07, 6.45) is 0. The molecule has 0 aliphatic carbocycles. The second-order valence-corrected chi connectivity index (χ2v) is 4.20. The van der Waals surface area contributed by atoms with E-state index in [0.29, 0.717) is 0 Å². The van der Waals surface area contributed by atoms with Gasteiger partial charge in [-0.25, -0.2) is 0 Å². The zero-order valence-corrected chi connectivity index (χ0v) is 8.76. The van der Waals surface area contributed by atoms with Crippen molar-refractivity contribution in [3.63, 3.8) is 0 Å². The Morgan fingerprint density at radius 1 is 1.31 bits per heavy atom. The van der Waals surface area contributed by atoms with Crippen molar-refractivity contribution in [1.82, 2.24) is 4.57 Å². The molecule has 2 nitrogen and oxygen atoms in total. The van der Waals surface area contributed by atoms with Crippen LogP contribution in [-0.2, 0) is 6.54 Å². The fourth-order valence-corrected chi connectivity index (χ4v) is 1.38. The van der Waals surface area contributed by atoms with Gasteiger partial charge >= 0.3 is 0 Å². The van der Waals surface area contributed by atoms with E-state index in [1.807, 2.05) is 13.8 Å². The van der Waals surface area contributed by atoms with Gasteiger partial charge < -0.3 is 4.57 Å². The average molecular weight is 176 g/mol. The Labute approximate surface area is 79.8 Å². The lowest BCUT2D eigenvalue weighted by Crippen LogP contribution is -2.18. The van der Waals surface area contributed by atoms with Crippen LogP contribution < -0.4 is 0 Å². The molecule has 0 radical (unpaired) electrons. The summed E-state index contributed by atoms with van der Waals surface area (Å²) in [7, 11) is 0. The zero-order chi connectivity index (χ0) is 10.1. The molecule has 0 unspecified atom stereocenters. The highest BCUT2D eigenvalue weighted by Crippen LogP contribution is 2.19. The van der Waals surface area contributed by atoms with Gasteiger partial charge in [-0.1, -0.05) is 0 Å². The standard InChI is InChI=1S/C11H16N2/c1-9-5-6-10(2)13(9)8-11(3,4)7-12/h5-6H,8H2,1-4H3. The molecule has 1 heterocycles. The van der Waals surface area contributed by atoms with Crippen molar-refractivity contribution in [2.24, 2.45) is 5.41 Å². The monoisotopic (exact) mass is 176 g/mol. The number of nitriles is 1. The Morgan fingerprint density at radius 2 is 1.77 bits per heavy atom. The molecule has 0 saturated heterocycles. The predicted molar refractivity (Wildman–Crippen MR) is 53.3 cm³/mol. The summed E-state index contributed by atoms with van der Waals surface area (Å²) in [4.78, 5) is 0. The molecule has 70 valence electrons. The minimum atomic E-state index is -0.283. The van der Waals surface area contributed by atoms with E-state index in [9.17, 15) is 0 Å². The van der Waals surface area contributed by atoms with Gasteiger partial charge in [0.05, 0.1) is 11.5 Å². The molecule has 0 spiro atoms. The first-order valence-electron chi connectivity index (χ1n) is 4.50. The van der Waals surface area contributed by atoms with E-state index < -0.39 is 0 Å². The van der Waals surface area contributed by atoms with Gasteiger partial charge in [0.15, 0.2) is 0 Å². The summed E-state index contributed by atoms with van der Waals surface area (Å²) in [6.45, 7) is 8.84. The minimum absolute atomic E-state index is 0.283. The quantitative estimate of drug-likeness (QED) is 0.681. The summed E-state index contributed by atoms with van der Waals surface area (Å²) < 4.78 is 2.18. The fraction of sp³-hybridized carbons (Fsp3) is 0.545. The minimum Gasteiger partial charge on any atom is -0.348 e. The highest BCUT2D eigenvalue weighted by molar-refractivity contribution is 5.14. The number of nitrogens with zero attached hydrogens (tertiary/aromatic N) is 2. The number of hydrogen-bond acceptors (Lipinski definition) is 1. The van der Waals surface area contributed by atoms with Gasteiger partial charge in [0, 0.05) is 17.9 Å². The van der Waals surface area contributed by atoms with Crippen LogP contribution in [0.25, 0.3) is 0 Å². The van der Waals surface area contributed by atoms with E-state index >= 15 is 0 Å². The van der Waals surface area contributed by atoms with Crippen LogP contribution in [0.1, 0.15) is 25.2 Å². The van der Waals surface area contributed by atoms with Gasteiger partial charge in [-0.3, -0.25) is 0 Å². The summed E-state index contributed by atoms with van der Waals surface area (Å²) in [5, 5.41) is 8.91. The van der Waals surface area contributed by atoms with Gasteiger partial charge in [-0.2, -0.15) is 5.26 Å². The van der Waals surface area contributed by atoms with E-state index in [4.69, 9.17) is 5.26 Å². The molecule has 0 bridgehead atoms. The van der Waals surface area contributed by atoms with Crippen molar-refractivity contribution < 1.29 is 0 Å². The molecular formula is C11H16N2. The Balaban J connectivity index is 2.93. The van der Waals surface area contributed by atoms with Crippen LogP contribution in [0.3, 0.4) is 0 Å². The number of aryl methyl sites for hydroxylation is 2. The summed E-state index contributed by atoms with van der Waals surface area (Å²) in [6, 6.07) is 6.49. The van der Waals surface area contributed by atoms with Crippen molar-refractivity contribution in [3.05, 3.63) is 23.5 Å². The van der Waals surface area contributed by atoms with E-state index in [-0.39, 0.29) is 5.41 Å². The Morgan fingerprint density at radius 3 is 2.15 bits per heavy atom. The summed E-state index contributed by atoms with van der Waals surface area (Å²) >= 11 is 0. The Hall–Kier alpha value is -1.23. The second kappa shape index (κ2) is 3.26. The van der Waals surface area contributed by atoms with E-state index in [2.05, 4.69) is 36.6 Å². The first-order chi connectivity index (χ1) is 5.96. The second-order valence-electron chi connectivity index (χ2n) is 4.20. The molecule has 13 heavy (non-hydrogen) atoms. The maximum atomic E-state index is 8.91. The van der Waals surface area contributed by atoms with Gasteiger partial charge in [-0.15, -0.1) is 0 Å². The number of rotatable bonds is 2. The van der Waals surface area contributed by atoms with Gasteiger partial charge in [0.2, 0.25) is 0 Å². The van der Waals surface area contributed by atoms with Gasteiger partial charge in [0.25, 0.3) is 0 Å². The SMILES string of the molecule is Cc1ccc(C)n1CC(C)(C)C#N. The molecule has 0 amide bonds. The largest absolute Gasteiger partial charge is 0.348 e. The Bertz CT molecular complexity index is 320. The molecule has 2 heteroatoms. The molecule has 0 aliphatic rings. The molecular weight excluding hydrogens is 160 g/mol.